The number of methoxy groups -OCH3 is 2. The first-order valence-corrected chi connectivity index (χ1v) is 24.6. The fourth-order valence-corrected chi connectivity index (χ4v) is 11.4. The van der Waals surface area contributed by atoms with Gasteiger partial charge in [-0.1, -0.05) is 47.1 Å². The summed E-state index contributed by atoms with van der Waals surface area (Å²) in [6, 6.07) is 7.04. The number of nitrogens with zero attached hydrogens (tertiary/aromatic N) is 5. The van der Waals surface area contributed by atoms with Crippen LogP contribution in [0.3, 0.4) is 0 Å². The molecule has 0 bridgehead atoms. The van der Waals surface area contributed by atoms with Crippen LogP contribution in [0.4, 0.5) is 13.6 Å². The first-order valence-electron chi connectivity index (χ1n) is 24.6. The summed E-state index contributed by atoms with van der Waals surface area (Å²) in [5.74, 6) is 1.67. The molecule has 9 atom stereocenters. The van der Waals surface area contributed by atoms with Crippen molar-refractivity contribution in [2.75, 3.05) is 20.8 Å². The molecule has 1 aromatic carbocycles. The van der Waals surface area contributed by atoms with Gasteiger partial charge in [0.05, 0.1) is 74.0 Å². The van der Waals surface area contributed by atoms with Crippen LogP contribution in [0, 0.1) is 23.7 Å². The molecule has 17 heteroatoms. The maximum Gasteiger partial charge on any atom is 0.407 e. The Bertz CT molecular complexity index is 2780. The lowest BCUT2D eigenvalue weighted by molar-refractivity contribution is -0.138. The molecular formula is C52H63F2N9O6. The van der Waals surface area contributed by atoms with Crippen LogP contribution in [-0.2, 0) is 23.8 Å². The molecule has 10 rings (SSSR count). The largest absolute Gasteiger partial charge is 0.497 e. The zero-order valence-electron chi connectivity index (χ0n) is 40.4. The Morgan fingerprint density at radius 1 is 0.957 bits per heavy atom. The van der Waals surface area contributed by atoms with E-state index in [0.29, 0.717) is 43.1 Å². The molecule has 366 valence electrons. The predicted molar refractivity (Wildman–Crippen MR) is 256 cm³/mol. The van der Waals surface area contributed by atoms with E-state index >= 15 is 8.78 Å². The van der Waals surface area contributed by atoms with Gasteiger partial charge in [0.2, 0.25) is 11.8 Å². The van der Waals surface area contributed by atoms with E-state index in [4.69, 9.17) is 24.2 Å². The Labute approximate surface area is 400 Å². The Morgan fingerprint density at radius 2 is 1.72 bits per heavy atom. The highest BCUT2D eigenvalue weighted by atomic mass is 19.1. The quantitative estimate of drug-likeness (QED) is 0.0896. The van der Waals surface area contributed by atoms with Crippen LogP contribution < -0.4 is 10.6 Å². The minimum absolute atomic E-state index is 0.00791. The van der Waals surface area contributed by atoms with Crippen LogP contribution >= 0.6 is 0 Å². The van der Waals surface area contributed by atoms with E-state index in [9.17, 15) is 14.4 Å². The van der Waals surface area contributed by atoms with Gasteiger partial charge in [-0.05, 0) is 79.4 Å². The SMILES string of the molecule is CCCC(C(=O)N1CC(F)CC1c1ncc(-c2ccc3c(c2)cc2n3C(CC3C=C(OC)C=C(F)C3)OC3=C2CCC(c2cnc(C4CC5NC5N4C(=O)C(NC(=O)OC)C(C)C)[nH]2)=C3)[nH]1)C(C)C. The van der Waals surface area contributed by atoms with Crippen molar-refractivity contribution in [1.29, 1.82) is 0 Å². The van der Waals surface area contributed by atoms with Gasteiger partial charge in [0.1, 0.15) is 41.2 Å². The lowest BCUT2D eigenvalue weighted by atomic mass is 9.90. The highest BCUT2D eigenvalue weighted by molar-refractivity contribution is 5.92. The molecule has 4 N–H and O–H groups in total. The molecule has 6 aliphatic rings. The first kappa shape index (κ1) is 46.5. The molecule has 3 aromatic heterocycles. The number of allylic oxidation sites excluding steroid dienone is 6. The second kappa shape index (κ2) is 18.6. The molecule has 3 fully saturated rings. The van der Waals surface area contributed by atoms with Crippen LogP contribution in [0.5, 0.6) is 0 Å². The van der Waals surface area contributed by atoms with Gasteiger partial charge in [-0.2, -0.15) is 0 Å². The number of alkyl carbamates (subject to hydrolysis) is 1. The number of fused-ring (bicyclic) bond motifs is 5. The lowest BCUT2D eigenvalue weighted by Crippen LogP contribution is -2.52. The number of likely N-dealkylation sites (tertiary alicyclic amines) is 2. The number of hydrogen-bond acceptors (Lipinski definition) is 9. The van der Waals surface area contributed by atoms with E-state index < -0.39 is 30.6 Å². The fourth-order valence-electron chi connectivity index (χ4n) is 11.4. The summed E-state index contributed by atoms with van der Waals surface area (Å²) in [5, 5.41) is 7.09. The molecule has 0 spiro atoms. The average molecular weight is 948 g/mol. The van der Waals surface area contributed by atoms with Crippen molar-refractivity contribution >= 4 is 40.0 Å². The van der Waals surface area contributed by atoms with Crippen LogP contribution in [-0.4, -0.2) is 97.4 Å². The Balaban J connectivity index is 0.952. The van der Waals surface area contributed by atoms with E-state index in [-0.39, 0.29) is 78.9 Å². The third-order valence-electron chi connectivity index (χ3n) is 15.0. The number of halogens is 2. The molecule has 3 saturated heterocycles. The number of imidazole rings is 2. The number of ether oxygens (including phenoxy) is 3. The number of amides is 3. The van der Waals surface area contributed by atoms with Gasteiger partial charge in [-0.15, -0.1) is 0 Å². The Kier molecular flexibility index (Phi) is 12.5. The number of hydrogen-bond donors (Lipinski definition) is 4. The standard InChI is InChI=1S/C52H63F2N9O6/c1-8-9-35(26(2)3)50(64)61-25-33(54)21-42(61)47-55-23-38(57-47)29-11-13-40-31(17-29)18-41-36-12-10-30(19-44(36)69-45(62(40)41)16-28-14-32(53)20-34(15-28)67-6)39-24-56-48(58-39)43-22-37-49(59-37)63(43)51(65)46(27(4)5)60-52(66)68-7/h11,13,15,17-20,23-24,26-28,33,35,37,42-43,45-46,49,59H,8-10,12,14,16,21-22,25H2,1-7H3,(H,55,57)(H,56,58)(H,60,66). The summed E-state index contributed by atoms with van der Waals surface area (Å²) in [5.41, 5.74) is 6.57. The van der Waals surface area contributed by atoms with E-state index in [1.165, 1.54) is 13.2 Å². The Hall–Kier alpha value is -6.23. The van der Waals surface area contributed by atoms with Crippen molar-refractivity contribution < 1.29 is 37.4 Å². The summed E-state index contributed by atoms with van der Waals surface area (Å²) >= 11 is 0. The molecule has 9 unspecified atom stereocenters. The molecule has 4 aromatic rings. The van der Waals surface area contributed by atoms with Crippen molar-refractivity contribution in [2.45, 2.75) is 129 Å². The van der Waals surface area contributed by atoms with E-state index in [1.54, 1.807) is 18.2 Å². The number of aromatic nitrogens is 5. The van der Waals surface area contributed by atoms with Crippen molar-refractivity contribution in [2.24, 2.45) is 23.7 Å². The summed E-state index contributed by atoms with van der Waals surface area (Å²) in [7, 11) is 2.83. The van der Waals surface area contributed by atoms with Gasteiger partial charge < -0.3 is 43.9 Å². The summed E-state index contributed by atoms with van der Waals surface area (Å²) in [6.07, 6.45) is 11.3. The normalized spacial score (nSPS) is 26.0. The molecule has 0 radical (unpaired) electrons. The van der Waals surface area contributed by atoms with Crippen molar-refractivity contribution in [3.8, 4) is 11.3 Å². The second-order valence-corrected chi connectivity index (χ2v) is 20.2. The molecular weight excluding hydrogens is 885 g/mol. The van der Waals surface area contributed by atoms with Gasteiger partial charge in [-0.25, -0.2) is 23.5 Å². The number of aromatic amines is 2. The minimum atomic E-state index is -1.12. The molecule has 4 aliphatic heterocycles. The summed E-state index contributed by atoms with van der Waals surface area (Å²) in [4.78, 5) is 60.1. The smallest absolute Gasteiger partial charge is 0.407 e. The third kappa shape index (κ3) is 8.75. The maximum atomic E-state index is 15.1. The monoisotopic (exact) mass is 947 g/mol. The van der Waals surface area contributed by atoms with Crippen molar-refractivity contribution in [3.63, 3.8) is 0 Å². The van der Waals surface area contributed by atoms with Gasteiger partial charge >= 0.3 is 6.09 Å². The van der Waals surface area contributed by atoms with Crippen LogP contribution in [0.1, 0.15) is 127 Å². The summed E-state index contributed by atoms with van der Waals surface area (Å²) in [6.45, 7) is 10.0. The number of benzene rings is 1. The van der Waals surface area contributed by atoms with Crippen LogP contribution in [0.25, 0.3) is 33.3 Å². The fraction of sp³-hybridized carbons (Fsp3) is 0.519. The second-order valence-electron chi connectivity index (χ2n) is 20.2. The lowest BCUT2D eigenvalue weighted by Gasteiger charge is -2.35. The topological polar surface area (TPSA) is 182 Å². The van der Waals surface area contributed by atoms with E-state index in [1.807, 2.05) is 37.1 Å². The van der Waals surface area contributed by atoms with E-state index in [0.717, 1.165) is 63.3 Å². The highest BCUT2D eigenvalue weighted by Gasteiger charge is 2.56. The number of nitrogens with one attached hydrogen (secondary N) is 4. The average Bonchev–Trinajstić information content (AvgIpc) is 3.95. The molecule has 15 nitrogen and oxygen atoms in total. The van der Waals surface area contributed by atoms with Crippen molar-refractivity contribution in [3.05, 3.63) is 95.3 Å². The molecule has 0 saturated carbocycles. The minimum Gasteiger partial charge on any atom is -0.497 e. The number of carbonyl (C=O) groups excluding carboxylic acids is 3. The Morgan fingerprint density at radius 3 is 2.46 bits per heavy atom. The molecule has 3 amide bonds. The van der Waals surface area contributed by atoms with E-state index in [2.05, 4.69) is 70.2 Å². The third-order valence-corrected chi connectivity index (χ3v) is 15.0. The predicted octanol–water partition coefficient (Wildman–Crippen LogP) is 9.30. The molecule has 7 heterocycles. The van der Waals surface area contributed by atoms with Crippen LogP contribution in [0.2, 0.25) is 0 Å². The maximum absolute atomic E-state index is 15.1. The highest BCUT2D eigenvalue weighted by Crippen LogP contribution is 2.48. The number of H-pyrrole nitrogens is 2. The van der Waals surface area contributed by atoms with Gasteiger partial charge in [0.25, 0.3) is 0 Å². The first-order chi connectivity index (χ1) is 33.2. The molecule has 69 heavy (non-hydrogen) atoms. The van der Waals surface area contributed by atoms with Gasteiger partial charge in [0.15, 0.2) is 6.23 Å². The van der Waals surface area contributed by atoms with Crippen molar-refractivity contribution in [1.82, 2.24) is 44.9 Å². The number of rotatable bonds is 14. The number of alkyl halides is 1. The van der Waals surface area contributed by atoms with Gasteiger partial charge in [0, 0.05) is 53.8 Å². The zero-order valence-corrected chi connectivity index (χ0v) is 40.4. The summed E-state index contributed by atoms with van der Waals surface area (Å²) < 4.78 is 49.6. The van der Waals surface area contributed by atoms with Gasteiger partial charge in [-0.3, -0.25) is 14.9 Å². The molecule has 2 aliphatic carbocycles. The van der Waals surface area contributed by atoms with Crippen LogP contribution in [0.15, 0.2) is 72.2 Å². The zero-order chi connectivity index (χ0) is 48.4. The number of carbonyl (C=O) groups is 3.